The summed E-state index contributed by atoms with van der Waals surface area (Å²) < 4.78 is 11.2. The van der Waals surface area contributed by atoms with Crippen LogP contribution in [0.2, 0.25) is 0 Å². The molecule has 1 unspecified atom stereocenters. The number of hydrogen-bond donors (Lipinski definition) is 2. The van der Waals surface area contributed by atoms with Gasteiger partial charge in [-0.3, -0.25) is 4.90 Å². The van der Waals surface area contributed by atoms with Crippen LogP contribution < -0.4 is 15.4 Å². The summed E-state index contributed by atoms with van der Waals surface area (Å²) in [5.74, 6) is 2.25. The summed E-state index contributed by atoms with van der Waals surface area (Å²) in [5, 5.41) is 6.88. The number of morpholine rings is 1. The van der Waals surface area contributed by atoms with Crippen molar-refractivity contribution in [1.82, 2.24) is 15.5 Å². The fraction of sp³-hybridized carbons (Fsp3) is 0.591. The molecule has 1 saturated heterocycles. The lowest BCUT2D eigenvalue weighted by molar-refractivity contribution is 0.00752. The van der Waals surface area contributed by atoms with Gasteiger partial charge >= 0.3 is 0 Å². The number of guanidine groups is 1. The number of aliphatic imine (C=N–C) groups is 1. The molecule has 28 heavy (non-hydrogen) atoms. The number of para-hydroxylation sites is 1. The summed E-state index contributed by atoms with van der Waals surface area (Å²) in [7, 11) is 0. The molecular formula is C22H36N4O2. The molecule has 0 saturated carbocycles. The van der Waals surface area contributed by atoms with Gasteiger partial charge in [0.1, 0.15) is 12.4 Å². The molecule has 1 aliphatic heterocycles. The molecule has 1 atom stereocenters. The maximum Gasteiger partial charge on any atom is 0.191 e. The molecule has 0 aromatic heterocycles. The Bertz CT molecular complexity index is 612. The fourth-order valence-corrected chi connectivity index (χ4v) is 3.33. The van der Waals surface area contributed by atoms with Crippen molar-refractivity contribution in [1.29, 1.82) is 0 Å². The molecule has 1 fully saturated rings. The van der Waals surface area contributed by atoms with E-state index in [0.29, 0.717) is 25.1 Å². The Hall–Kier alpha value is -2.05. The first-order chi connectivity index (χ1) is 13.7. The average molecular weight is 389 g/mol. The predicted octanol–water partition coefficient (Wildman–Crippen LogP) is 2.66. The molecule has 2 N–H and O–H groups in total. The van der Waals surface area contributed by atoms with Crippen molar-refractivity contribution in [3.63, 3.8) is 0 Å². The second kappa shape index (κ2) is 12.4. The monoisotopic (exact) mass is 388 g/mol. The van der Waals surface area contributed by atoms with E-state index in [2.05, 4.69) is 49.0 Å². The lowest BCUT2D eigenvalue weighted by atomic mass is 10.0. The Morgan fingerprint density at radius 1 is 1.29 bits per heavy atom. The summed E-state index contributed by atoms with van der Waals surface area (Å²) in [6, 6.07) is 8.47. The van der Waals surface area contributed by atoms with Crippen LogP contribution in [-0.2, 0) is 11.3 Å². The maximum atomic E-state index is 5.74. The third-order valence-electron chi connectivity index (χ3n) is 4.84. The Balaban J connectivity index is 2.00. The van der Waals surface area contributed by atoms with Crippen molar-refractivity contribution in [2.75, 3.05) is 46.0 Å². The number of ether oxygens (including phenoxy) is 2. The van der Waals surface area contributed by atoms with E-state index in [9.17, 15) is 0 Å². The van der Waals surface area contributed by atoms with Crippen molar-refractivity contribution in [2.45, 2.75) is 33.4 Å². The van der Waals surface area contributed by atoms with Gasteiger partial charge in [-0.25, -0.2) is 4.99 Å². The van der Waals surface area contributed by atoms with Gasteiger partial charge in [0, 0.05) is 37.8 Å². The van der Waals surface area contributed by atoms with Gasteiger partial charge in [0.2, 0.25) is 0 Å². The molecule has 0 bridgehead atoms. The summed E-state index contributed by atoms with van der Waals surface area (Å²) >= 11 is 0. The molecular weight excluding hydrogens is 352 g/mol. The number of nitrogens with zero attached hydrogens (tertiary/aromatic N) is 2. The zero-order valence-corrected chi connectivity index (χ0v) is 17.6. The fourth-order valence-electron chi connectivity index (χ4n) is 3.33. The topological polar surface area (TPSA) is 58.1 Å². The van der Waals surface area contributed by atoms with E-state index in [1.54, 1.807) is 6.08 Å². The zero-order chi connectivity index (χ0) is 20.2. The van der Waals surface area contributed by atoms with Gasteiger partial charge in [0.25, 0.3) is 0 Å². The van der Waals surface area contributed by atoms with Gasteiger partial charge in [-0.1, -0.05) is 44.7 Å². The molecule has 0 amide bonds. The Kier molecular flexibility index (Phi) is 9.86. The molecule has 0 aliphatic carbocycles. The summed E-state index contributed by atoms with van der Waals surface area (Å²) in [6.45, 7) is 16.7. The second-order valence-electron chi connectivity index (χ2n) is 7.24. The lowest BCUT2D eigenvalue weighted by Gasteiger charge is -2.37. The molecule has 156 valence electrons. The van der Waals surface area contributed by atoms with Crippen molar-refractivity contribution in [3.05, 3.63) is 42.5 Å². The third-order valence-corrected chi connectivity index (χ3v) is 4.84. The van der Waals surface area contributed by atoms with Gasteiger partial charge in [-0.2, -0.15) is 0 Å². The SMILES string of the molecule is C=CCOc1ccccc1CN=C(NCC)NCC(C(C)C)N1CCOCC1. The van der Waals surface area contributed by atoms with Gasteiger partial charge < -0.3 is 20.1 Å². The molecule has 2 rings (SSSR count). The first-order valence-electron chi connectivity index (χ1n) is 10.3. The number of hydrogen-bond acceptors (Lipinski definition) is 4. The van der Waals surface area contributed by atoms with Gasteiger partial charge in [-0.15, -0.1) is 0 Å². The molecule has 0 spiro atoms. The molecule has 6 nitrogen and oxygen atoms in total. The van der Waals surface area contributed by atoms with Crippen LogP contribution >= 0.6 is 0 Å². The Labute approximate surface area is 170 Å². The van der Waals surface area contributed by atoms with E-state index in [1.165, 1.54) is 0 Å². The van der Waals surface area contributed by atoms with E-state index in [1.807, 2.05) is 18.2 Å². The standard InChI is InChI=1S/C22H36N4O2/c1-5-13-28-21-10-8-7-9-19(21)16-24-22(23-6-2)25-17-20(18(3)4)26-11-14-27-15-12-26/h5,7-10,18,20H,1,6,11-17H2,2-4H3,(H2,23,24,25). The zero-order valence-electron chi connectivity index (χ0n) is 17.6. The highest BCUT2D eigenvalue weighted by atomic mass is 16.5. The number of rotatable bonds is 10. The van der Waals surface area contributed by atoms with Crippen molar-refractivity contribution < 1.29 is 9.47 Å². The highest BCUT2D eigenvalue weighted by molar-refractivity contribution is 5.79. The number of nitrogens with one attached hydrogen (secondary N) is 2. The van der Waals surface area contributed by atoms with Gasteiger partial charge in [-0.05, 0) is 18.9 Å². The highest BCUT2D eigenvalue weighted by Gasteiger charge is 2.23. The minimum atomic E-state index is 0.455. The maximum absolute atomic E-state index is 5.74. The van der Waals surface area contributed by atoms with Crippen LogP contribution in [0.25, 0.3) is 0 Å². The molecule has 0 radical (unpaired) electrons. The largest absolute Gasteiger partial charge is 0.489 e. The number of benzene rings is 1. The molecule has 1 aromatic carbocycles. The minimum absolute atomic E-state index is 0.455. The van der Waals surface area contributed by atoms with Crippen LogP contribution in [0.4, 0.5) is 0 Å². The van der Waals surface area contributed by atoms with E-state index in [0.717, 1.165) is 56.7 Å². The summed E-state index contributed by atoms with van der Waals surface area (Å²) in [5.41, 5.74) is 1.06. The molecule has 1 aliphatic rings. The van der Waals surface area contributed by atoms with Crippen LogP contribution in [0.3, 0.4) is 0 Å². The van der Waals surface area contributed by atoms with Crippen molar-refractivity contribution in [3.8, 4) is 5.75 Å². The summed E-state index contributed by atoms with van der Waals surface area (Å²) in [4.78, 5) is 7.29. The Morgan fingerprint density at radius 2 is 2.04 bits per heavy atom. The van der Waals surface area contributed by atoms with Gasteiger partial charge in [0.05, 0.1) is 19.8 Å². The van der Waals surface area contributed by atoms with Crippen LogP contribution in [-0.4, -0.2) is 62.9 Å². The van der Waals surface area contributed by atoms with Crippen LogP contribution in [0.15, 0.2) is 41.9 Å². The first-order valence-corrected chi connectivity index (χ1v) is 10.3. The Morgan fingerprint density at radius 3 is 2.71 bits per heavy atom. The van der Waals surface area contributed by atoms with E-state index >= 15 is 0 Å². The predicted molar refractivity (Wildman–Crippen MR) is 116 cm³/mol. The van der Waals surface area contributed by atoms with E-state index in [4.69, 9.17) is 14.5 Å². The third kappa shape index (κ3) is 7.17. The minimum Gasteiger partial charge on any atom is -0.489 e. The normalized spacial score (nSPS) is 16.6. The molecule has 6 heteroatoms. The van der Waals surface area contributed by atoms with Crippen molar-refractivity contribution in [2.24, 2.45) is 10.9 Å². The van der Waals surface area contributed by atoms with Crippen LogP contribution in [0.1, 0.15) is 26.3 Å². The quantitative estimate of drug-likeness (QED) is 0.367. The van der Waals surface area contributed by atoms with Gasteiger partial charge in [0.15, 0.2) is 5.96 Å². The average Bonchev–Trinajstić information content (AvgIpc) is 2.71. The highest BCUT2D eigenvalue weighted by Crippen LogP contribution is 2.19. The smallest absolute Gasteiger partial charge is 0.191 e. The van der Waals surface area contributed by atoms with Crippen molar-refractivity contribution >= 4 is 5.96 Å². The summed E-state index contributed by atoms with van der Waals surface area (Å²) in [6.07, 6.45) is 1.75. The van der Waals surface area contributed by atoms with E-state index in [-0.39, 0.29) is 0 Å². The van der Waals surface area contributed by atoms with Crippen LogP contribution in [0.5, 0.6) is 5.75 Å². The second-order valence-corrected chi connectivity index (χ2v) is 7.24. The molecule has 1 aromatic rings. The molecule has 1 heterocycles. The van der Waals surface area contributed by atoms with E-state index < -0.39 is 0 Å². The lowest BCUT2D eigenvalue weighted by Crippen LogP contribution is -2.52. The first kappa shape index (κ1) is 22.2. The van der Waals surface area contributed by atoms with Crippen LogP contribution in [0, 0.1) is 5.92 Å².